The number of rotatable bonds is 5. The van der Waals surface area contributed by atoms with Crippen LogP contribution in [0.4, 0.5) is 5.69 Å². The molecular formula is C18H15Cl2N3O. The van der Waals surface area contributed by atoms with Crippen LogP contribution in [0.2, 0.25) is 10.0 Å². The Labute approximate surface area is 150 Å². The van der Waals surface area contributed by atoms with Gasteiger partial charge in [0.05, 0.1) is 11.9 Å². The van der Waals surface area contributed by atoms with Crippen LogP contribution in [0, 0.1) is 0 Å². The van der Waals surface area contributed by atoms with E-state index in [9.17, 15) is 4.79 Å². The zero-order valence-electron chi connectivity index (χ0n) is 12.7. The van der Waals surface area contributed by atoms with Gasteiger partial charge in [0.25, 0.3) is 5.91 Å². The molecule has 1 N–H and O–H groups in total. The Morgan fingerprint density at radius 2 is 1.79 bits per heavy atom. The summed E-state index contributed by atoms with van der Waals surface area (Å²) >= 11 is 11.8. The number of nitrogens with one attached hydrogen (secondary N) is 1. The highest BCUT2D eigenvalue weighted by Gasteiger charge is 2.09. The molecule has 0 radical (unpaired) electrons. The maximum Gasteiger partial charge on any atom is 0.255 e. The van der Waals surface area contributed by atoms with Crippen molar-refractivity contribution in [2.24, 2.45) is 0 Å². The van der Waals surface area contributed by atoms with Crippen LogP contribution in [0.1, 0.15) is 15.9 Å². The molecule has 0 aliphatic carbocycles. The first-order valence-corrected chi connectivity index (χ1v) is 8.19. The van der Waals surface area contributed by atoms with Crippen LogP contribution >= 0.6 is 23.2 Å². The molecule has 3 rings (SSSR count). The van der Waals surface area contributed by atoms with Gasteiger partial charge in [-0.1, -0.05) is 53.5 Å². The van der Waals surface area contributed by atoms with Gasteiger partial charge in [-0.15, -0.1) is 0 Å². The molecule has 6 heteroatoms. The molecular weight excluding hydrogens is 345 g/mol. The zero-order chi connectivity index (χ0) is 16.9. The lowest BCUT2D eigenvalue weighted by molar-refractivity contribution is 0.102. The quantitative estimate of drug-likeness (QED) is 0.718. The minimum Gasteiger partial charge on any atom is -0.319 e. The van der Waals surface area contributed by atoms with Gasteiger partial charge in [-0.05, 0) is 30.2 Å². The number of benzene rings is 2. The highest BCUT2D eigenvalue weighted by molar-refractivity contribution is 6.35. The lowest BCUT2D eigenvalue weighted by Crippen LogP contribution is -2.11. The highest BCUT2D eigenvalue weighted by Crippen LogP contribution is 2.20. The summed E-state index contributed by atoms with van der Waals surface area (Å²) in [4.78, 5) is 12.2. The smallest absolute Gasteiger partial charge is 0.255 e. The minimum atomic E-state index is -0.276. The van der Waals surface area contributed by atoms with Gasteiger partial charge in [0.2, 0.25) is 0 Å². The van der Waals surface area contributed by atoms with Crippen LogP contribution < -0.4 is 5.32 Å². The summed E-state index contributed by atoms with van der Waals surface area (Å²) in [5.41, 5.74) is 2.28. The molecule has 0 aliphatic heterocycles. The van der Waals surface area contributed by atoms with Crippen molar-refractivity contribution in [2.45, 2.75) is 13.0 Å². The van der Waals surface area contributed by atoms with Crippen molar-refractivity contribution in [3.05, 3.63) is 82.1 Å². The van der Waals surface area contributed by atoms with Crippen molar-refractivity contribution in [1.82, 2.24) is 9.78 Å². The number of aryl methyl sites for hydroxylation is 2. The van der Waals surface area contributed by atoms with Crippen LogP contribution in [-0.2, 0) is 13.0 Å². The summed E-state index contributed by atoms with van der Waals surface area (Å²) in [6.07, 6.45) is 4.29. The molecule has 0 bridgehead atoms. The lowest BCUT2D eigenvalue weighted by atomic mass is 10.1. The highest BCUT2D eigenvalue weighted by atomic mass is 35.5. The van der Waals surface area contributed by atoms with E-state index in [1.54, 1.807) is 35.3 Å². The number of anilines is 1. The first-order valence-electron chi connectivity index (χ1n) is 7.44. The Morgan fingerprint density at radius 3 is 2.50 bits per heavy atom. The molecule has 0 aliphatic rings. The lowest BCUT2D eigenvalue weighted by Gasteiger charge is -2.04. The molecule has 1 aromatic heterocycles. The zero-order valence-corrected chi connectivity index (χ0v) is 14.3. The van der Waals surface area contributed by atoms with Crippen LogP contribution in [-0.4, -0.2) is 15.7 Å². The number of carbonyl (C=O) groups excluding carboxylic acids is 1. The van der Waals surface area contributed by atoms with E-state index < -0.39 is 0 Å². The maximum atomic E-state index is 12.2. The molecule has 2 aromatic carbocycles. The standard InChI is InChI=1S/C18H15Cl2N3O/c19-15-8-14(9-16(20)10-15)18(24)22-17-11-21-23(12-17)7-6-13-4-2-1-3-5-13/h1-5,8-12H,6-7H2,(H,22,24). The summed E-state index contributed by atoms with van der Waals surface area (Å²) in [6.45, 7) is 0.739. The van der Waals surface area contributed by atoms with Gasteiger partial charge >= 0.3 is 0 Å². The van der Waals surface area contributed by atoms with Gasteiger partial charge in [0.15, 0.2) is 0 Å². The third-order valence-corrected chi connectivity index (χ3v) is 3.92. The van der Waals surface area contributed by atoms with Gasteiger partial charge in [0, 0.05) is 28.4 Å². The molecule has 0 saturated carbocycles. The number of amides is 1. The van der Waals surface area contributed by atoms with E-state index in [0.29, 0.717) is 21.3 Å². The number of nitrogens with zero attached hydrogens (tertiary/aromatic N) is 2. The Bertz CT molecular complexity index is 826. The van der Waals surface area contributed by atoms with E-state index in [1.807, 2.05) is 18.2 Å². The van der Waals surface area contributed by atoms with E-state index in [1.165, 1.54) is 5.56 Å². The maximum absolute atomic E-state index is 12.2. The molecule has 122 valence electrons. The molecule has 3 aromatic rings. The monoisotopic (exact) mass is 359 g/mol. The summed E-state index contributed by atoms with van der Waals surface area (Å²) in [6, 6.07) is 14.9. The third kappa shape index (κ3) is 4.37. The predicted octanol–water partition coefficient (Wildman–Crippen LogP) is 4.68. The Kier molecular flexibility index (Phi) is 5.18. The Balaban J connectivity index is 1.62. The first kappa shape index (κ1) is 16.6. The van der Waals surface area contributed by atoms with E-state index in [-0.39, 0.29) is 5.91 Å². The number of aromatic nitrogens is 2. The molecule has 0 unspecified atom stereocenters. The van der Waals surface area contributed by atoms with E-state index in [0.717, 1.165) is 13.0 Å². The minimum absolute atomic E-state index is 0.276. The van der Waals surface area contributed by atoms with Crippen molar-refractivity contribution < 1.29 is 4.79 Å². The first-order chi connectivity index (χ1) is 11.6. The molecule has 0 atom stereocenters. The molecule has 4 nitrogen and oxygen atoms in total. The van der Waals surface area contributed by atoms with Crippen molar-refractivity contribution in [3.8, 4) is 0 Å². The van der Waals surface area contributed by atoms with Crippen LogP contribution in [0.25, 0.3) is 0 Å². The van der Waals surface area contributed by atoms with E-state index >= 15 is 0 Å². The second kappa shape index (κ2) is 7.51. The number of hydrogen-bond donors (Lipinski definition) is 1. The molecule has 0 fully saturated rings. The molecule has 0 saturated heterocycles. The normalized spacial score (nSPS) is 10.6. The SMILES string of the molecule is O=C(Nc1cnn(CCc2ccccc2)c1)c1cc(Cl)cc(Cl)c1. The molecule has 1 amide bonds. The largest absolute Gasteiger partial charge is 0.319 e. The second-order valence-electron chi connectivity index (χ2n) is 5.34. The molecule has 1 heterocycles. The fraction of sp³-hybridized carbons (Fsp3) is 0.111. The number of carbonyl (C=O) groups is 1. The van der Waals surface area contributed by atoms with E-state index in [2.05, 4.69) is 22.5 Å². The predicted molar refractivity (Wildman–Crippen MR) is 96.8 cm³/mol. The Morgan fingerprint density at radius 1 is 1.08 bits per heavy atom. The van der Waals surface area contributed by atoms with Crippen molar-refractivity contribution >= 4 is 34.8 Å². The van der Waals surface area contributed by atoms with Gasteiger partial charge in [0.1, 0.15) is 0 Å². The van der Waals surface area contributed by atoms with Gasteiger partial charge < -0.3 is 5.32 Å². The third-order valence-electron chi connectivity index (χ3n) is 3.49. The fourth-order valence-electron chi connectivity index (χ4n) is 2.33. The molecule has 24 heavy (non-hydrogen) atoms. The summed E-state index contributed by atoms with van der Waals surface area (Å²) in [7, 11) is 0. The number of hydrogen-bond acceptors (Lipinski definition) is 2. The number of halogens is 2. The van der Waals surface area contributed by atoms with Crippen LogP contribution in [0.3, 0.4) is 0 Å². The van der Waals surface area contributed by atoms with Crippen molar-refractivity contribution in [3.63, 3.8) is 0 Å². The van der Waals surface area contributed by atoms with Gasteiger partial charge in [-0.2, -0.15) is 5.10 Å². The molecule has 0 spiro atoms. The van der Waals surface area contributed by atoms with Crippen LogP contribution in [0.15, 0.2) is 60.9 Å². The van der Waals surface area contributed by atoms with E-state index in [4.69, 9.17) is 23.2 Å². The van der Waals surface area contributed by atoms with Crippen molar-refractivity contribution in [2.75, 3.05) is 5.32 Å². The van der Waals surface area contributed by atoms with Crippen LogP contribution in [0.5, 0.6) is 0 Å². The summed E-state index contributed by atoms with van der Waals surface area (Å²) < 4.78 is 1.80. The van der Waals surface area contributed by atoms with Gasteiger partial charge in [-0.25, -0.2) is 0 Å². The summed E-state index contributed by atoms with van der Waals surface area (Å²) in [5.74, 6) is -0.276. The summed E-state index contributed by atoms with van der Waals surface area (Å²) in [5, 5.41) is 7.90. The van der Waals surface area contributed by atoms with Crippen molar-refractivity contribution in [1.29, 1.82) is 0 Å². The topological polar surface area (TPSA) is 46.9 Å². The average Bonchev–Trinajstić information content (AvgIpc) is 3.00. The van der Waals surface area contributed by atoms with Gasteiger partial charge in [-0.3, -0.25) is 9.48 Å². The fourth-order valence-corrected chi connectivity index (χ4v) is 2.85. The second-order valence-corrected chi connectivity index (χ2v) is 6.21. The Hall–Kier alpha value is -2.30. The average molecular weight is 360 g/mol.